The van der Waals surface area contributed by atoms with Crippen LogP contribution in [0.4, 0.5) is 0 Å². The van der Waals surface area contributed by atoms with E-state index >= 15 is 0 Å². The van der Waals surface area contributed by atoms with E-state index in [2.05, 4.69) is 17.4 Å². The van der Waals surface area contributed by atoms with Crippen LogP contribution in [-0.4, -0.2) is 29.5 Å². The smallest absolute Gasteiger partial charge is 0.150 e. The molecule has 1 aromatic carbocycles. The number of aryl methyl sites for hydroxylation is 1. The summed E-state index contributed by atoms with van der Waals surface area (Å²) in [5.41, 5.74) is 1.27. The van der Waals surface area contributed by atoms with Crippen molar-refractivity contribution in [1.29, 1.82) is 0 Å². The van der Waals surface area contributed by atoms with Crippen molar-refractivity contribution in [3.05, 3.63) is 47.9 Å². The van der Waals surface area contributed by atoms with Crippen LogP contribution in [0.2, 0.25) is 0 Å². The van der Waals surface area contributed by atoms with Gasteiger partial charge in [0, 0.05) is 12.6 Å². The van der Waals surface area contributed by atoms with Crippen LogP contribution < -0.4 is 10.1 Å². The number of aromatic nitrogens is 1. The van der Waals surface area contributed by atoms with Crippen molar-refractivity contribution in [2.75, 3.05) is 13.2 Å². The maximum atomic E-state index is 9.81. The number of aliphatic hydroxyl groups excluding tert-OH is 1. The molecule has 1 unspecified atom stereocenters. The lowest BCUT2D eigenvalue weighted by molar-refractivity contribution is 0.105. The van der Waals surface area contributed by atoms with Crippen LogP contribution in [0.1, 0.15) is 18.2 Å². The minimum atomic E-state index is -0.566. The van der Waals surface area contributed by atoms with Gasteiger partial charge in [0.25, 0.3) is 0 Å². The molecule has 0 spiro atoms. The number of rotatable bonds is 8. The van der Waals surface area contributed by atoms with Crippen molar-refractivity contribution in [1.82, 2.24) is 10.5 Å². The Morgan fingerprint density at radius 3 is 2.75 bits per heavy atom. The molecule has 1 heterocycles. The van der Waals surface area contributed by atoms with Gasteiger partial charge in [0.2, 0.25) is 0 Å². The van der Waals surface area contributed by atoms with Gasteiger partial charge in [-0.25, -0.2) is 0 Å². The molecular weight excluding hydrogens is 256 g/mol. The second-order valence-electron chi connectivity index (χ2n) is 4.57. The fourth-order valence-corrected chi connectivity index (χ4v) is 1.77. The summed E-state index contributed by atoms with van der Waals surface area (Å²) >= 11 is 0. The van der Waals surface area contributed by atoms with Crippen LogP contribution in [0.25, 0.3) is 0 Å². The Morgan fingerprint density at radius 1 is 1.30 bits per heavy atom. The highest BCUT2D eigenvalue weighted by molar-refractivity contribution is 5.27. The molecule has 5 heteroatoms. The quantitative estimate of drug-likeness (QED) is 0.769. The predicted molar refractivity (Wildman–Crippen MR) is 75.5 cm³/mol. The molecule has 20 heavy (non-hydrogen) atoms. The van der Waals surface area contributed by atoms with Gasteiger partial charge in [-0.05, 0) is 24.1 Å². The lowest BCUT2D eigenvalue weighted by atomic mass is 10.2. The first-order valence-corrected chi connectivity index (χ1v) is 6.78. The van der Waals surface area contributed by atoms with Crippen molar-refractivity contribution >= 4 is 0 Å². The van der Waals surface area contributed by atoms with E-state index in [0.717, 1.165) is 17.9 Å². The van der Waals surface area contributed by atoms with Gasteiger partial charge < -0.3 is 19.7 Å². The van der Waals surface area contributed by atoms with E-state index in [-0.39, 0.29) is 6.61 Å². The predicted octanol–water partition coefficient (Wildman–Crippen LogP) is 1.77. The number of nitrogens with zero attached hydrogens (tertiary/aromatic N) is 1. The zero-order valence-corrected chi connectivity index (χ0v) is 11.6. The van der Waals surface area contributed by atoms with E-state index < -0.39 is 6.10 Å². The zero-order chi connectivity index (χ0) is 14.2. The number of benzene rings is 1. The fraction of sp³-hybridized carbons (Fsp3) is 0.400. The highest BCUT2D eigenvalue weighted by Crippen LogP contribution is 2.12. The Labute approximate surface area is 118 Å². The second-order valence-corrected chi connectivity index (χ2v) is 4.57. The molecule has 0 aliphatic heterocycles. The summed E-state index contributed by atoms with van der Waals surface area (Å²) in [5, 5.41) is 16.5. The molecular formula is C15H20N2O3. The SMILES string of the molecule is CCc1ccc(OCC(O)CNCc2ccno2)cc1. The molecule has 0 saturated carbocycles. The maximum absolute atomic E-state index is 9.81. The number of nitrogens with one attached hydrogen (secondary N) is 1. The largest absolute Gasteiger partial charge is 0.491 e. The van der Waals surface area contributed by atoms with Crippen LogP contribution in [0.15, 0.2) is 41.1 Å². The highest BCUT2D eigenvalue weighted by Gasteiger charge is 2.06. The molecule has 5 nitrogen and oxygen atoms in total. The molecule has 0 bridgehead atoms. The van der Waals surface area contributed by atoms with Crippen molar-refractivity contribution in [3.63, 3.8) is 0 Å². The van der Waals surface area contributed by atoms with Crippen molar-refractivity contribution in [2.24, 2.45) is 0 Å². The van der Waals surface area contributed by atoms with Crippen LogP contribution in [0.3, 0.4) is 0 Å². The van der Waals surface area contributed by atoms with Crippen LogP contribution in [0.5, 0.6) is 5.75 Å². The van der Waals surface area contributed by atoms with Gasteiger partial charge in [-0.3, -0.25) is 0 Å². The van der Waals surface area contributed by atoms with Crippen molar-refractivity contribution in [3.8, 4) is 5.75 Å². The van der Waals surface area contributed by atoms with Gasteiger partial charge in [-0.2, -0.15) is 0 Å². The second kappa shape index (κ2) is 7.67. The molecule has 0 amide bonds. The third kappa shape index (κ3) is 4.68. The van der Waals surface area contributed by atoms with Crippen LogP contribution >= 0.6 is 0 Å². The molecule has 1 aromatic heterocycles. The van der Waals surface area contributed by atoms with Crippen molar-refractivity contribution in [2.45, 2.75) is 26.0 Å². The minimum absolute atomic E-state index is 0.259. The summed E-state index contributed by atoms with van der Waals surface area (Å²) in [6, 6.07) is 9.69. The van der Waals surface area contributed by atoms with Gasteiger partial charge in [0.1, 0.15) is 24.2 Å². The molecule has 2 aromatic rings. The third-order valence-corrected chi connectivity index (χ3v) is 2.94. The molecule has 0 aliphatic rings. The molecule has 0 aliphatic carbocycles. The Hall–Kier alpha value is -1.85. The first-order chi connectivity index (χ1) is 9.78. The van der Waals surface area contributed by atoms with E-state index in [1.807, 2.05) is 24.3 Å². The molecule has 108 valence electrons. The summed E-state index contributed by atoms with van der Waals surface area (Å²) in [7, 11) is 0. The molecule has 0 saturated heterocycles. The van der Waals surface area contributed by atoms with E-state index in [1.165, 1.54) is 5.56 Å². The summed E-state index contributed by atoms with van der Waals surface area (Å²) in [4.78, 5) is 0. The minimum Gasteiger partial charge on any atom is -0.491 e. The van der Waals surface area contributed by atoms with E-state index in [0.29, 0.717) is 13.1 Å². The summed E-state index contributed by atoms with van der Waals surface area (Å²) in [6.45, 7) is 3.35. The van der Waals surface area contributed by atoms with Gasteiger partial charge in [0.15, 0.2) is 0 Å². The average molecular weight is 276 g/mol. The van der Waals surface area contributed by atoms with E-state index in [9.17, 15) is 5.11 Å². The summed E-state index contributed by atoms with van der Waals surface area (Å²) in [5.74, 6) is 1.52. The molecule has 1 atom stereocenters. The normalized spacial score (nSPS) is 12.3. The van der Waals surface area contributed by atoms with Crippen molar-refractivity contribution < 1.29 is 14.4 Å². The van der Waals surface area contributed by atoms with Gasteiger partial charge in [0.05, 0.1) is 12.7 Å². The van der Waals surface area contributed by atoms with Crippen LogP contribution in [-0.2, 0) is 13.0 Å². The molecule has 2 N–H and O–H groups in total. The average Bonchev–Trinajstić information content (AvgIpc) is 2.99. The molecule has 2 rings (SSSR count). The number of aliphatic hydroxyl groups is 1. The van der Waals surface area contributed by atoms with Gasteiger partial charge >= 0.3 is 0 Å². The first-order valence-electron chi connectivity index (χ1n) is 6.78. The maximum Gasteiger partial charge on any atom is 0.150 e. The molecule has 0 radical (unpaired) electrons. The summed E-state index contributed by atoms with van der Waals surface area (Å²) in [6.07, 6.45) is 2.04. The Morgan fingerprint density at radius 2 is 2.10 bits per heavy atom. The van der Waals surface area contributed by atoms with E-state index in [1.54, 1.807) is 12.3 Å². The highest BCUT2D eigenvalue weighted by atomic mass is 16.5. The third-order valence-electron chi connectivity index (χ3n) is 2.94. The Bertz CT molecular complexity index is 482. The number of ether oxygens (including phenoxy) is 1. The summed E-state index contributed by atoms with van der Waals surface area (Å²) < 4.78 is 10.5. The lowest BCUT2D eigenvalue weighted by Gasteiger charge is -2.13. The fourth-order valence-electron chi connectivity index (χ4n) is 1.77. The number of hydrogen-bond acceptors (Lipinski definition) is 5. The lowest BCUT2D eigenvalue weighted by Crippen LogP contribution is -2.31. The zero-order valence-electron chi connectivity index (χ0n) is 11.6. The Balaban J connectivity index is 1.65. The number of hydrogen-bond donors (Lipinski definition) is 2. The molecule has 0 fully saturated rings. The van der Waals surface area contributed by atoms with Gasteiger partial charge in [-0.1, -0.05) is 24.2 Å². The van der Waals surface area contributed by atoms with Gasteiger partial charge in [-0.15, -0.1) is 0 Å². The first kappa shape index (κ1) is 14.6. The van der Waals surface area contributed by atoms with E-state index in [4.69, 9.17) is 9.26 Å². The van der Waals surface area contributed by atoms with Crippen LogP contribution in [0, 0.1) is 0 Å². The standard InChI is InChI=1S/C15H20N2O3/c1-2-12-3-5-14(6-4-12)19-11-13(18)9-16-10-15-7-8-17-20-15/h3-8,13,16,18H,2,9-11H2,1H3. The monoisotopic (exact) mass is 276 g/mol. The topological polar surface area (TPSA) is 67.5 Å². The Kier molecular flexibility index (Phi) is 5.58.